The molecule has 1 aromatic carbocycles. The van der Waals surface area contributed by atoms with Gasteiger partial charge in [-0.05, 0) is 31.0 Å². The average Bonchev–Trinajstić information content (AvgIpc) is 2.25. The van der Waals surface area contributed by atoms with E-state index in [2.05, 4.69) is 5.32 Å². The molecule has 2 unspecified atom stereocenters. The van der Waals surface area contributed by atoms with Gasteiger partial charge in [0.2, 0.25) is 0 Å². The highest BCUT2D eigenvalue weighted by atomic mass is 35.5. The molecule has 0 aliphatic carbocycles. The summed E-state index contributed by atoms with van der Waals surface area (Å²) in [6.07, 6.45) is 2.55. The van der Waals surface area contributed by atoms with Gasteiger partial charge in [-0.2, -0.15) is 0 Å². The minimum atomic E-state index is -0.757. The summed E-state index contributed by atoms with van der Waals surface area (Å²) >= 11 is 5.91. The fourth-order valence-corrected chi connectivity index (χ4v) is 2.31. The van der Waals surface area contributed by atoms with Crippen LogP contribution in [0, 0.1) is 5.82 Å². The summed E-state index contributed by atoms with van der Waals surface area (Å²) in [4.78, 5) is 0. The Bertz CT molecular complexity index is 400. The van der Waals surface area contributed by atoms with E-state index in [1.165, 1.54) is 12.1 Å². The van der Waals surface area contributed by atoms with Crippen LogP contribution < -0.4 is 5.32 Å². The lowest BCUT2D eigenvalue weighted by Crippen LogP contribution is -2.27. The molecule has 2 nitrogen and oxygen atoms in total. The number of hydrogen-bond acceptors (Lipinski definition) is 2. The topological polar surface area (TPSA) is 29.1 Å². The quantitative estimate of drug-likeness (QED) is 0.866. The van der Waals surface area contributed by atoms with Gasteiger partial charge in [0.1, 0.15) is 5.82 Å². The van der Waals surface area contributed by atoms with Crippen molar-refractivity contribution in [2.75, 3.05) is 12.0 Å². The number of hydrogen-bond donors (Lipinski definition) is 1. The molecule has 1 rings (SSSR count). The highest BCUT2D eigenvalue weighted by Gasteiger charge is 2.05. The van der Waals surface area contributed by atoms with E-state index in [1.807, 2.05) is 6.92 Å². The maximum Gasteiger partial charge on any atom is 0.124 e. The molecule has 96 valence electrons. The van der Waals surface area contributed by atoms with Crippen molar-refractivity contribution in [1.82, 2.24) is 5.32 Å². The van der Waals surface area contributed by atoms with Gasteiger partial charge in [-0.1, -0.05) is 17.7 Å². The Labute approximate surface area is 109 Å². The van der Waals surface area contributed by atoms with Crippen molar-refractivity contribution < 1.29 is 8.60 Å². The molecule has 0 aliphatic rings. The Morgan fingerprint density at radius 2 is 2.24 bits per heavy atom. The molecule has 0 heterocycles. The Balaban J connectivity index is 2.41. The molecule has 1 aromatic rings. The Hall–Kier alpha value is -0.450. The Kier molecular flexibility index (Phi) is 6.09. The summed E-state index contributed by atoms with van der Waals surface area (Å²) in [5.41, 5.74) is 0.873. The zero-order chi connectivity index (χ0) is 12.8. The summed E-state index contributed by atoms with van der Waals surface area (Å²) in [6.45, 7) is 2.63. The van der Waals surface area contributed by atoms with Gasteiger partial charge in [-0.25, -0.2) is 4.39 Å². The molecular weight excluding hydrogens is 261 g/mol. The third-order valence-corrected chi connectivity index (χ3v) is 3.66. The average molecular weight is 278 g/mol. The maximum atomic E-state index is 12.8. The van der Waals surface area contributed by atoms with Crippen LogP contribution in [-0.4, -0.2) is 22.3 Å². The molecule has 5 heteroatoms. The first-order valence-corrected chi connectivity index (χ1v) is 7.57. The Morgan fingerprint density at radius 1 is 1.53 bits per heavy atom. The molecule has 2 atom stereocenters. The van der Waals surface area contributed by atoms with Crippen molar-refractivity contribution in [3.63, 3.8) is 0 Å². The van der Waals surface area contributed by atoms with Crippen LogP contribution in [0.1, 0.15) is 18.9 Å². The van der Waals surface area contributed by atoms with E-state index in [0.29, 0.717) is 17.3 Å². The van der Waals surface area contributed by atoms with Gasteiger partial charge in [-0.3, -0.25) is 4.21 Å². The second-order valence-corrected chi connectivity index (χ2v) is 6.05. The summed E-state index contributed by atoms with van der Waals surface area (Å²) in [6, 6.07) is 4.65. The van der Waals surface area contributed by atoms with Crippen molar-refractivity contribution in [3.05, 3.63) is 34.6 Å². The third kappa shape index (κ3) is 5.61. The predicted molar refractivity (Wildman–Crippen MR) is 71.3 cm³/mol. The van der Waals surface area contributed by atoms with Gasteiger partial charge in [0.15, 0.2) is 0 Å². The Morgan fingerprint density at radius 3 is 2.82 bits per heavy atom. The monoisotopic (exact) mass is 277 g/mol. The normalized spacial score (nSPS) is 14.6. The first-order chi connectivity index (χ1) is 7.99. The number of benzene rings is 1. The smallest absolute Gasteiger partial charge is 0.124 e. The van der Waals surface area contributed by atoms with Gasteiger partial charge in [-0.15, -0.1) is 0 Å². The van der Waals surface area contributed by atoms with E-state index in [9.17, 15) is 8.60 Å². The van der Waals surface area contributed by atoms with Crippen LogP contribution in [0.25, 0.3) is 0 Å². The summed E-state index contributed by atoms with van der Waals surface area (Å²) in [5, 5.41) is 3.71. The zero-order valence-electron chi connectivity index (χ0n) is 10.0. The lowest BCUT2D eigenvalue weighted by molar-refractivity contribution is 0.534. The second-order valence-electron chi connectivity index (χ2n) is 4.08. The van der Waals surface area contributed by atoms with E-state index < -0.39 is 10.8 Å². The van der Waals surface area contributed by atoms with Crippen molar-refractivity contribution in [3.8, 4) is 0 Å². The van der Waals surface area contributed by atoms with Crippen LogP contribution in [0.3, 0.4) is 0 Å². The van der Waals surface area contributed by atoms with E-state index in [4.69, 9.17) is 11.6 Å². The minimum absolute atomic E-state index is 0.264. The van der Waals surface area contributed by atoms with Crippen molar-refractivity contribution in [1.29, 1.82) is 0 Å². The molecule has 0 amide bonds. The molecule has 0 radical (unpaired) electrons. The van der Waals surface area contributed by atoms with Crippen molar-refractivity contribution in [2.24, 2.45) is 0 Å². The number of rotatable bonds is 6. The molecule has 0 aliphatic heterocycles. The van der Waals surface area contributed by atoms with Crippen LogP contribution in [0.15, 0.2) is 18.2 Å². The van der Waals surface area contributed by atoms with Crippen LogP contribution in [-0.2, 0) is 17.3 Å². The van der Waals surface area contributed by atoms with E-state index in [0.717, 1.165) is 12.0 Å². The van der Waals surface area contributed by atoms with Gasteiger partial charge >= 0.3 is 0 Å². The molecule has 1 N–H and O–H groups in total. The van der Waals surface area contributed by atoms with Gasteiger partial charge in [0.25, 0.3) is 0 Å². The largest absolute Gasteiger partial charge is 0.310 e. The molecule has 0 bridgehead atoms. The lowest BCUT2D eigenvalue weighted by Gasteiger charge is -2.13. The number of halogens is 2. The lowest BCUT2D eigenvalue weighted by atomic mass is 10.2. The van der Waals surface area contributed by atoms with Crippen LogP contribution in [0.4, 0.5) is 4.39 Å². The zero-order valence-corrected chi connectivity index (χ0v) is 11.6. The minimum Gasteiger partial charge on any atom is -0.310 e. The van der Waals surface area contributed by atoms with Crippen molar-refractivity contribution in [2.45, 2.75) is 25.9 Å². The molecule has 0 aromatic heterocycles. The van der Waals surface area contributed by atoms with Gasteiger partial charge in [0.05, 0.1) is 0 Å². The maximum absolute atomic E-state index is 12.8. The van der Waals surface area contributed by atoms with Crippen LogP contribution in [0.5, 0.6) is 0 Å². The summed E-state index contributed by atoms with van der Waals surface area (Å²) in [5.74, 6) is 0.360. The van der Waals surface area contributed by atoms with Gasteiger partial charge in [0, 0.05) is 40.4 Å². The first kappa shape index (κ1) is 14.6. The predicted octanol–water partition coefficient (Wildman–Crippen LogP) is 2.73. The first-order valence-electron chi connectivity index (χ1n) is 5.46. The molecule has 0 saturated heterocycles. The SMILES string of the molecule is CC(CCS(C)=O)NCc1ccc(F)cc1Cl. The molecule has 17 heavy (non-hydrogen) atoms. The van der Waals surface area contributed by atoms with E-state index in [-0.39, 0.29) is 11.9 Å². The summed E-state index contributed by atoms with van der Waals surface area (Å²) in [7, 11) is -0.757. The molecular formula is C12H17ClFNOS. The van der Waals surface area contributed by atoms with Crippen LogP contribution >= 0.6 is 11.6 Å². The fraction of sp³-hybridized carbons (Fsp3) is 0.500. The van der Waals surface area contributed by atoms with Gasteiger partial charge < -0.3 is 5.32 Å². The third-order valence-electron chi connectivity index (χ3n) is 2.49. The van der Waals surface area contributed by atoms with Crippen molar-refractivity contribution >= 4 is 22.4 Å². The highest BCUT2D eigenvalue weighted by Crippen LogP contribution is 2.17. The second kappa shape index (κ2) is 7.09. The standard InChI is InChI=1S/C12H17ClFNOS/c1-9(5-6-17(2)16)15-8-10-3-4-11(14)7-12(10)13/h3-4,7,9,15H,5-6,8H2,1-2H3. The fourth-order valence-electron chi connectivity index (χ4n) is 1.39. The molecule has 0 saturated carbocycles. The van der Waals surface area contributed by atoms with Crippen LogP contribution in [0.2, 0.25) is 5.02 Å². The summed E-state index contributed by atoms with van der Waals surface area (Å²) < 4.78 is 23.8. The molecule has 0 spiro atoms. The highest BCUT2D eigenvalue weighted by molar-refractivity contribution is 7.84. The van der Waals surface area contributed by atoms with E-state index in [1.54, 1.807) is 12.3 Å². The number of nitrogens with one attached hydrogen (secondary N) is 1. The molecule has 0 fully saturated rings. The van der Waals surface area contributed by atoms with E-state index >= 15 is 0 Å².